The van der Waals surface area contributed by atoms with E-state index >= 15 is 0 Å². The van der Waals surface area contributed by atoms with Crippen LogP contribution in [-0.4, -0.2) is 77.0 Å². The number of amides is 1. The summed E-state index contributed by atoms with van der Waals surface area (Å²) in [6.45, 7) is 4.67. The fourth-order valence-electron chi connectivity index (χ4n) is 7.93. The number of hydrogen-bond donors (Lipinski definition) is 3. The molecule has 7 nitrogen and oxygen atoms in total. The van der Waals surface area contributed by atoms with Crippen LogP contribution in [0.1, 0.15) is 75.1 Å². The normalized spacial score (nSPS) is 32.0. The third-order valence-electron chi connectivity index (χ3n) is 11.1. The first-order valence-corrected chi connectivity index (χ1v) is 16.2. The van der Waals surface area contributed by atoms with Crippen LogP contribution in [0.4, 0.5) is 0 Å². The van der Waals surface area contributed by atoms with Gasteiger partial charge in [0.1, 0.15) is 0 Å². The summed E-state index contributed by atoms with van der Waals surface area (Å²) in [5, 5.41) is 21.5. The van der Waals surface area contributed by atoms with Crippen molar-refractivity contribution < 1.29 is 19.7 Å². The van der Waals surface area contributed by atoms with Crippen molar-refractivity contribution in [3.8, 4) is 0 Å². The predicted octanol–water partition coefficient (Wildman–Crippen LogP) is 4.25. The number of aliphatic hydroxyl groups excluding tert-OH is 2. The number of hydrogen-bond acceptors (Lipinski definition) is 6. The van der Waals surface area contributed by atoms with Gasteiger partial charge in [-0.3, -0.25) is 9.69 Å². The molecule has 3 spiro atoms. The van der Waals surface area contributed by atoms with Gasteiger partial charge in [0.15, 0.2) is 6.23 Å². The maximum Gasteiger partial charge on any atom is 0.231 e. The smallest absolute Gasteiger partial charge is 0.231 e. The number of rotatable bonds is 5. The zero-order chi connectivity index (χ0) is 28.8. The van der Waals surface area contributed by atoms with Gasteiger partial charge in [-0.1, -0.05) is 60.7 Å². The lowest BCUT2D eigenvalue weighted by molar-refractivity contribution is -0.138. The number of nitrogens with zero attached hydrogens (tertiary/aromatic N) is 2. The minimum atomic E-state index is -0.145. The van der Waals surface area contributed by atoms with Crippen LogP contribution < -0.4 is 5.32 Å². The Labute approximate surface area is 250 Å². The Balaban J connectivity index is 0.000000108. The lowest BCUT2D eigenvalue weighted by Gasteiger charge is -2.23. The van der Waals surface area contributed by atoms with Crippen molar-refractivity contribution in [2.24, 2.45) is 16.2 Å². The van der Waals surface area contributed by atoms with E-state index in [0.29, 0.717) is 54.7 Å². The number of aliphatic hydroxyl groups is 2. The standard InChI is InChI=1S/C14H15NO2.C14H19NO.C7H13NO/c16-13-14(6-7-14)8-11-9-17-12(15(11)13)10-4-2-1-3-5-10;16-10-13-8-14(6-7-14)11-15(13)9-12-4-2-1-3-5-12;9-4-6-3-7(1-2-7)5-8-6/h1-5,11-12H,6-9H2;1-5,13,16H,6-11H2;6,8-9H,1-5H2/t11-,12+;13-;6-/m000/s1. The zero-order valence-corrected chi connectivity index (χ0v) is 24.8. The topological polar surface area (TPSA) is 85.3 Å². The van der Waals surface area contributed by atoms with Gasteiger partial charge in [-0.25, -0.2) is 0 Å². The Morgan fingerprint density at radius 3 is 2.10 bits per heavy atom. The molecule has 9 rings (SSSR count). The second-order valence-corrected chi connectivity index (χ2v) is 14.3. The van der Waals surface area contributed by atoms with Crippen LogP contribution in [0.25, 0.3) is 0 Å². The molecular formula is C35H47N3O4. The van der Waals surface area contributed by atoms with Crippen molar-refractivity contribution in [2.45, 2.75) is 88.7 Å². The summed E-state index contributed by atoms with van der Waals surface area (Å²) in [6, 6.07) is 21.8. The Bertz CT molecular complexity index is 1230. The highest BCUT2D eigenvalue weighted by Crippen LogP contribution is 2.59. The Kier molecular flexibility index (Phi) is 7.68. The molecule has 4 atom stereocenters. The number of benzene rings is 2. The number of fused-ring (bicyclic) bond motifs is 1. The number of carbonyl (C=O) groups is 1. The van der Waals surface area contributed by atoms with Crippen LogP contribution in [0, 0.1) is 16.2 Å². The lowest BCUT2D eigenvalue weighted by Crippen LogP contribution is -2.32. The van der Waals surface area contributed by atoms with E-state index in [1.165, 1.54) is 50.6 Å². The Hall–Kier alpha value is -2.29. The van der Waals surface area contributed by atoms with Crippen molar-refractivity contribution in [2.75, 3.05) is 32.9 Å². The maximum atomic E-state index is 12.4. The molecule has 7 fully saturated rings. The summed E-state index contributed by atoms with van der Waals surface area (Å²) in [6.07, 6.45) is 11.0. The van der Waals surface area contributed by atoms with Gasteiger partial charge in [0.25, 0.3) is 0 Å². The van der Waals surface area contributed by atoms with E-state index in [-0.39, 0.29) is 11.6 Å². The first-order chi connectivity index (χ1) is 20.5. The van der Waals surface area contributed by atoms with Gasteiger partial charge in [0, 0.05) is 37.3 Å². The molecule has 3 N–H and O–H groups in total. The van der Waals surface area contributed by atoms with Gasteiger partial charge >= 0.3 is 0 Å². The summed E-state index contributed by atoms with van der Waals surface area (Å²) in [7, 11) is 0. The maximum absolute atomic E-state index is 12.4. The quantitative estimate of drug-likeness (QED) is 0.496. The van der Waals surface area contributed by atoms with E-state index in [4.69, 9.17) is 9.84 Å². The highest BCUT2D eigenvalue weighted by atomic mass is 16.5. The molecule has 0 bridgehead atoms. The third-order valence-corrected chi connectivity index (χ3v) is 11.1. The first kappa shape index (κ1) is 28.5. The molecule has 0 unspecified atom stereocenters. The van der Waals surface area contributed by atoms with E-state index < -0.39 is 0 Å². The van der Waals surface area contributed by atoms with Crippen LogP contribution in [0.5, 0.6) is 0 Å². The second kappa shape index (κ2) is 11.3. The molecule has 2 aromatic carbocycles. The van der Waals surface area contributed by atoms with Gasteiger partial charge in [0.2, 0.25) is 5.91 Å². The predicted molar refractivity (Wildman–Crippen MR) is 161 cm³/mol. The van der Waals surface area contributed by atoms with Crippen LogP contribution in [-0.2, 0) is 16.1 Å². The van der Waals surface area contributed by atoms with Gasteiger partial charge in [0.05, 0.1) is 31.3 Å². The van der Waals surface area contributed by atoms with Crippen molar-refractivity contribution in [3.05, 3.63) is 71.8 Å². The van der Waals surface area contributed by atoms with E-state index in [0.717, 1.165) is 37.9 Å². The molecule has 42 heavy (non-hydrogen) atoms. The number of nitrogens with one attached hydrogen (secondary N) is 1. The van der Waals surface area contributed by atoms with Gasteiger partial charge in [-0.15, -0.1) is 0 Å². The summed E-state index contributed by atoms with van der Waals surface area (Å²) in [5.74, 6) is 0.328. The third kappa shape index (κ3) is 5.79. The van der Waals surface area contributed by atoms with Gasteiger partial charge < -0.3 is 25.2 Å². The molecule has 3 saturated carbocycles. The molecule has 0 radical (unpaired) electrons. The molecule has 3 aliphatic carbocycles. The highest BCUT2D eigenvalue weighted by molar-refractivity contribution is 5.88. The van der Waals surface area contributed by atoms with E-state index in [2.05, 4.69) is 40.5 Å². The fourth-order valence-corrected chi connectivity index (χ4v) is 7.93. The largest absolute Gasteiger partial charge is 0.395 e. The first-order valence-electron chi connectivity index (χ1n) is 16.2. The van der Waals surface area contributed by atoms with Crippen molar-refractivity contribution in [1.82, 2.24) is 15.1 Å². The van der Waals surface area contributed by atoms with Crippen molar-refractivity contribution in [1.29, 1.82) is 0 Å². The van der Waals surface area contributed by atoms with Gasteiger partial charge in [-0.05, 0) is 74.2 Å². The Morgan fingerprint density at radius 2 is 1.52 bits per heavy atom. The molecule has 4 saturated heterocycles. The van der Waals surface area contributed by atoms with E-state index in [1.54, 1.807) is 0 Å². The molecule has 4 aliphatic heterocycles. The SMILES string of the molecule is O=C1N2[C@H](CO[C@@H]2c2ccccc2)CC12CC2.OC[C@@H]1CC2(CC2)CN1.OC[C@@H]1CC2(CC2)CN1Cc1ccccc1. The summed E-state index contributed by atoms with van der Waals surface area (Å²) < 4.78 is 5.80. The molecule has 4 heterocycles. The minimum Gasteiger partial charge on any atom is -0.395 e. The summed E-state index contributed by atoms with van der Waals surface area (Å²) >= 11 is 0. The lowest BCUT2D eigenvalue weighted by atomic mass is 10.0. The number of ether oxygens (including phenoxy) is 1. The molecule has 1 amide bonds. The number of likely N-dealkylation sites (tertiary alicyclic amines) is 1. The monoisotopic (exact) mass is 573 g/mol. The van der Waals surface area contributed by atoms with Crippen LogP contribution in [0.2, 0.25) is 0 Å². The fraction of sp³-hybridized carbons (Fsp3) is 0.629. The van der Waals surface area contributed by atoms with E-state index in [9.17, 15) is 9.90 Å². The molecular weight excluding hydrogens is 526 g/mol. The zero-order valence-electron chi connectivity index (χ0n) is 24.8. The average Bonchev–Trinajstić information content (AvgIpc) is 3.95. The highest BCUT2D eigenvalue weighted by Gasteiger charge is 2.62. The summed E-state index contributed by atoms with van der Waals surface area (Å²) in [5.41, 5.74) is 3.71. The second-order valence-electron chi connectivity index (χ2n) is 14.3. The molecule has 226 valence electrons. The Morgan fingerprint density at radius 1 is 0.833 bits per heavy atom. The van der Waals surface area contributed by atoms with Crippen molar-refractivity contribution >= 4 is 5.91 Å². The van der Waals surface area contributed by atoms with Crippen LogP contribution in [0.15, 0.2) is 60.7 Å². The average molecular weight is 574 g/mol. The molecule has 2 aromatic rings. The molecule has 7 aliphatic rings. The van der Waals surface area contributed by atoms with Crippen LogP contribution >= 0.6 is 0 Å². The van der Waals surface area contributed by atoms with Gasteiger partial charge in [-0.2, -0.15) is 0 Å². The molecule has 0 aromatic heterocycles. The summed E-state index contributed by atoms with van der Waals surface area (Å²) in [4.78, 5) is 16.8. The van der Waals surface area contributed by atoms with Crippen molar-refractivity contribution in [3.63, 3.8) is 0 Å². The van der Waals surface area contributed by atoms with E-state index in [1.807, 2.05) is 35.2 Å². The number of carbonyl (C=O) groups excluding carboxylic acids is 1. The minimum absolute atomic E-state index is 0.0154. The molecule has 7 heteroatoms. The van der Waals surface area contributed by atoms with Crippen LogP contribution in [0.3, 0.4) is 0 Å².